The quantitative estimate of drug-likeness (QED) is 0.183. The van der Waals surface area contributed by atoms with Crippen molar-refractivity contribution >= 4 is 5.78 Å². The van der Waals surface area contributed by atoms with Crippen molar-refractivity contribution < 1.29 is 19.7 Å². The van der Waals surface area contributed by atoms with Crippen LogP contribution in [0, 0.1) is 16.2 Å². The molecule has 0 aromatic carbocycles. The van der Waals surface area contributed by atoms with E-state index in [0.29, 0.717) is 19.3 Å². The average Bonchev–Trinajstić information content (AvgIpc) is 3.41. The number of ketones is 1. The summed E-state index contributed by atoms with van der Waals surface area (Å²) in [6.07, 6.45) is 30.7. The Morgan fingerprint density at radius 1 is 0.636 bits per heavy atom. The molecule has 44 heavy (non-hydrogen) atoms. The maximum absolute atomic E-state index is 12.9. The zero-order chi connectivity index (χ0) is 33.0. The highest BCUT2D eigenvalue weighted by molar-refractivity contribution is 5.95. The van der Waals surface area contributed by atoms with Crippen LogP contribution in [0.3, 0.4) is 0 Å². The average molecular weight is 601 g/mol. The second kappa shape index (κ2) is 13.7. The Morgan fingerprint density at radius 3 is 1.61 bits per heavy atom. The molecule has 3 aliphatic rings. The van der Waals surface area contributed by atoms with Crippen LogP contribution in [0.1, 0.15) is 94.9 Å². The highest BCUT2D eigenvalue weighted by atomic mass is 16.5. The number of rotatable bonds is 11. The van der Waals surface area contributed by atoms with E-state index in [1.165, 1.54) is 0 Å². The summed E-state index contributed by atoms with van der Waals surface area (Å²) in [7, 11) is 0. The molecule has 0 aromatic rings. The van der Waals surface area contributed by atoms with Crippen LogP contribution < -0.4 is 0 Å². The Balaban J connectivity index is 1.50. The molecule has 2 heterocycles. The summed E-state index contributed by atoms with van der Waals surface area (Å²) in [5.41, 5.74) is 2.00. The van der Waals surface area contributed by atoms with Crippen LogP contribution >= 0.6 is 0 Å². The van der Waals surface area contributed by atoms with E-state index >= 15 is 0 Å². The van der Waals surface area contributed by atoms with Gasteiger partial charge in [0.25, 0.3) is 0 Å². The monoisotopic (exact) mass is 600 g/mol. The first-order valence-corrected chi connectivity index (χ1v) is 16.1. The van der Waals surface area contributed by atoms with Gasteiger partial charge in [-0.2, -0.15) is 0 Å². The fraction of sp³-hybridized carbons (Fsp3) is 0.525. The van der Waals surface area contributed by atoms with Crippen LogP contribution in [-0.2, 0) is 9.53 Å². The van der Waals surface area contributed by atoms with Crippen LogP contribution in [0.2, 0.25) is 0 Å². The molecule has 2 N–H and O–H groups in total. The second-order valence-corrected chi connectivity index (χ2v) is 15.1. The maximum Gasteiger partial charge on any atom is 0.162 e. The van der Waals surface area contributed by atoms with E-state index in [0.717, 1.165) is 28.7 Å². The molecular formula is C40H56O4. The molecule has 3 rings (SSSR count). The Morgan fingerprint density at radius 2 is 1.14 bits per heavy atom. The van der Waals surface area contributed by atoms with Crippen LogP contribution in [0.25, 0.3) is 0 Å². The van der Waals surface area contributed by atoms with Crippen LogP contribution in [0.15, 0.2) is 107 Å². The lowest BCUT2D eigenvalue weighted by atomic mass is 9.61. The second-order valence-electron chi connectivity index (χ2n) is 15.1. The van der Waals surface area contributed by atoms with Crippen molar-refractivity contribution in [2.45, 2.75) is 118 Å². The summed E-state index contributed by atoms with van der Waals surface area (Å²) in [6.45, 7) is 20.6. The highest BCUT2D eigenvalue weighted by Crippen LogP contribution is 2.60. The van der Waals surface area contributed by atoms with E-state index in [9.17, 15) is 15.0 Å². The number of hydrogen-bond acceptors (Lipinski definition) is 4. The molecule has 0 spiro atoms. The van der Waals surface area contributed by atoms with E-state index in [-0.39, 0.29) is 22.7 Å². The predicted molar refractivity (Wildman–Crippen MR) is 184 cm³/mol. The Kier molecular flexibility index (Phi) is 11.1. The number of ether oxygens (including phenoxy) is 1. The third-order valence-electron chi connectivity index (χ3n) is 10.3. The summed E-state index contributed by atoms with van der Waals surface area (Å²) in [4.78, 5) is 12.9. The Bertz CT molecular complexity index is 1330. The molecule has 1 saturated carbocycles. The Hall–Kier alpha value is -2.79. The summed E-state index contributed by atoms with van der Waals surface area (Å²) in [6, 6.07) is 0. The van der Waals surface area contributed by atoms with Crippen LogP contribution in [0.4, 0.5) is 0 Å². The highest BCUT2D eigenvalue weighted by Gasteiger charge is 2.67. The SMILES string of the molecule is CC(C=CC=C(C)C=CC(=O)[C@]1(C)C[C@@H](O)CC1(C)C)=CC=CC=C(C)C=CC=C(C)C=C[C@@]12O[C@@H](CC1(C)C)C[C@@]2(C)O. The van der Waals surface area contributed by atoms with Gasteiger partial charge in [0.05, 0.1) is 17.8 Å². The van der Waals surface area contributed by atoms with Gasteiger partial charge in [0.2, 0.25) is 0 Å². The van der Waals surface area contributed by atoms with Crippen molar-refractivity contribution in [3.05, 3.63) is 107 Å². The van der Waals surface area contributed by atoms with E-state index < -0.39 is 22.7 Å². The summed E-state index contributed by atoms with van der Waals surface area (Å²) >= 11 is 0. The molecule has 2 bridgehead atoms. The first kappa shape index (κ1) is 35.7. The molecule has 4 heteroatoms. The normalized spacial score (nSPS) is 34.7. The largest absolute Gasteiger partial charge is 0.393 e. The lowest BCUT2D eigenvalue weighted by molar-refractivity contribution is -0.127. The summed E-state index contributed by atoms with van der Waals surface area (Å²) < 4.78 is 6.30. The van der Waals surface area contributed by atoms with E-state index in [4.69, 9.17) is 4.74 Å². The maximum atomic E-state index is 12.9. The molecule has 0 unspecified atom stereocenters. The van der Waals surface area contributed by atoms with Crippen molar-refractivity contribution in [1.29, 1.82) is 0 Å². The molecule has 4 nitrogen and oxygen atoms in total. The van der Waals surface area contributed by atoms with Gasteiger partial charge in [0.15, 0.2) is 5.78 Å². The molecular weight excluding hydrogens is 544 g/mol. The zero-order valence-corrected chi connectivity index (χ0v) is 28.8. The van der Waals surface area contributed by atoms with E-state index in [2.05, 4.69) is 84.9 Å². The van der Waals surface area contributed by atoms with Gasteiger partial charge in [-0.25, -0.2) is 0 Å². The fourth-order valence-electron chi connectivity index (χ4n) is 7.24. The first-order chi connectivity index (χ1) is 20.3. The summed E-state index contributed by atoms with van der Waals surface area (Å²) in [5, 5.41) is 21.2. The van der Waals surface area contributed by atoms with Gasteiger partial charge in [0.1, 0.15) is 5.60 Å². The Labute approximate surface area is 267 Å². The van der Waals surface area contributed by atoms with Crippen molar-refractivity contribution in [1.82, 2.24) is 0 Å². The first-order valence-electron chi connectivity index (χ1n) is 16.1. The zero-order valence-electron chi connectivity index (χ0n) is 28.8. The van der Waals surface area contributed by atoms with Crippen molar-refractivity contribution in [2.24, 2.45) is 16.2 Å². The number of carbonyl (C=O) groups is 1. The minimum Gasteiger partial charge on any atom is -0.393 e. The van der Waals surface area contributed by atoms with Gasteiger partial charge < -0.3 is 14.9 Å². The lowest BCUT2D eigenvalue weighted by Crippen LogP contribution is -2.56. The number of carbonyl (C=O) groups excluding carboxylic acids is 1. The molecule has 0 aromatic heterocycles. The smallest absolute Gasteiger partial charge is 0.162 e. The number of aliphatic hydroxyl groups excluding tert-OH is 1. The lowest BCUT2D eigenvalue weighted by Gasteiger charge is -2.46. The molecule has 2 aliphatic heterocycles. The number of hydrogen-bond donors (Lipinski definition) is 2. The number of allylic oxidation sites excluding steroid dienone is 17. The van der Waals surface area contributed by atoms with Gasteiger partial charge in [-0.1, -0.05) is 130 Å². The van der Waals surface area contributed by atoms with E-state index in [1.54, 1.807) is 6.08 Å². The van der Waals surface area contributed by atoms with E-state index in [1.807, 2.05) is 63.3 Å². The minimum atomic E-state index is -0.855. The van der Waals surface area contributed by atoms with Gasteiger partial charge >= 0.3 is 0 Å². The molecule has 5 atom stereocenters. The van der Waals surface area contributed by atoms with Gasteiger partial charge in [0, 0.05) is 17.3 Å². The molecule has 0 radical (unpaired) electrons. The minimum absolute atomic E-state index is 0.0818. The van der Waals surface area contributed by atoms with Crippen LogP contribution in [0.5, 0.6) is 0 Å². The molecule has 2 saturated heterocycles. The van der Waals surface area contributed by atoms with Gasteiger partial charge in [-0.3, -0.25) is 4.79 Å². The van der Waals surface area contributed by atoms with Gasteiger partial charge in [-0.15, -0.1) is 0 Å². The number of fused-ring (bicyclic) bond motifs is 2. The third-order valence-corrected chi connectivity index (χ3v) is 10.3. The molecule has 0 amide bonds. The van der Waals surface area contributed by atoms with Crippen molar-refractivity contribution in [3.63, 3.8) is 0 Å². The molecule has 240 valence electrons. The van der Waals surface area contributed by atoms with Crippen molar-refractivity contribution in [2.75, 3.05) is 0 Å². The topological polar surface area (TPSA) is 66.8 Å². The molecule has 3 fully saturated rings. The molecule has 1 aliphatic carbocycles. The standard InChI is InChI=1S/C40H56O4/c1-29(17-13-19-31(3)21-22-35(42)38(9)26-33(41)25-36(38,5)6)15-11-12-16-30(2)18-14-20-32(4)23-24-40-37(7,8)27-34(44-40)28-39(40,10)43/h11-24,33-34,41,43H,25-28H2,1-10H3/t33-,34-,38-,39+,40+/m0/s1. The summed E-state index contributed by atoms with van der Waals surface area (Å²) in [5.74, 6) is 0.0818. The third kappa shape index (κ3) is 7.88. The number of aliphatic hydroxyl groups is 2. The van der Waals surface area contributed by atoms with Crippen LogP contribution in [-0.4, -0.2) is 39.4 Å². The van der Waals surface area contributed by atoms with Gasteiger partial charge in [-0.05, 0) is 71.4 Å². The fourth-order valence-corrected chi connectivity index (χ4v) is 7.24. The van der Waals surface area contributed by atoms with Crippen molar-refractivity contribution in [3.8, 4) is 0 Å². The predicted octanol–water partition coefficient (Wildman–Crippen LogP) is 9.02.